The zero-order valence-electron chi connectivity index (χ0n) is 25.9. The van der Waals surface area contributed by atoms with Crippen molar-refractivity contribution in [3.05, 3.63) is 64.7 Å². The second kappa shape index (κ2) is 11.7. The molecule has 1 aliphatic carbocycles. The first-order valence-electron chi connectivity index (χ1n) is 15.9. The third-order valence-corrected chi connectivity index (χ3v) is 11.3. The molecule has 1 N–H and O–H groups in total. The van der Waals surface area contributed by atoms with Gasteiger partial charge in [-0.2, -0.15) is 12.7 Å². The minimum Gasteiger partial charge on any atom is -0.347 e. The summed E-state index contributed by atoms with van der Waals surface area (Å²) >= 11 is 0. The fourth-order valence-corrected chi connectivity index (χ4v) is 7.99. The molecule has 3 fully saturated rings. The lowest BCUT2D eigenvalue weighted by atomic mass is 9.81. The average molecular weight is 633 g/mol. The van der Waals surface area contributed by atoms with Crippen LogP contribution in [0.1, 0.15) is 72.3 Å². The van der Waals surface area contributed by atoms with Crippen molar-refractivity contribution in [2.24, 2.45) is 0 Å². The van der Waals surface area contributed by atoms with Crippen molar-refractivity contribution < 1.29 is 27.5 Å². The van der Waals surface area contributed by atoms with Crippen molar-refractivity contribution in [2.45, 2.75) is 63.2 Å². The lowest BCUT2D eigenvalue weighted by Gasteiger charge is -2.37. The molecule has 2 aromatic carbocycles. The number of benzene rings is 2. The monoisotopic (exact) mass is 632 g/mol. The molecule has 1 spiro atoms. The highest BCUT2D eigenvalue weighted by atomic mass is 32.2. The summed E-state index contributed by atoms with van der Waals surface area (Å²) in [6.45, 7) is 2.61. The van der Waals surface area contributed by atoms with Gasteiger partial charge in [-0.1, -0.05) is 49.6 Å². The molecule has 238 valence electrons. The summed E-state index contributed by atoms with van der Waals surface area (Å²) in [6, 6.07) is 13.7. The summed E-state index contributed by atoms with van der Waals surface area (Å²) in [6.07, 6.45) is 9.00. The summed E-state index contributed by atoms with van der Waals surface area (Å²) < 4.78 is 42.1. The number of hydrogen-bond donors (Lipinski definition) is 1. The van der Waals surface area contributed by atoms with Gasteiger partial charge in [0.05, 0.1) is 25.5 Å². The van der Waals surface area contributed by atoms with Crippen LogP contribution in [0.2, 0.25) is 0 Å². The molecule has 1 saturated carbocycles. The highest BCUT2D eigenvalue weighted by molar-refractivity contribution is 7.87. The third kappa shape index (κ3) is 5.49. The molecule has 2 saturated heterocycles. The van der Waals surface area contributed by atoms with Crippen LogP contribution in [-0.2, 0) is 31.0 Å². The number of fused-ring (bicyclic) bond motifs is 5. The number of hydrogen-bond acceptors (Lipinski definition) is 6. The lowest BCUT2D eigenvalue weighted by molar-refractivity contribution is -0.186. The van der Waals surface area contributed by atoms with Gasteiger partial charge < -0.3 is 18.9 Å². The number of nitrogens with one attached hydrogen (secondary N) is 1. The van der Waals surface area contributed by atoms with Crippen LogP contribution in [0, 0.1) is 0 Å². The molecule has 7 rings (SSSR count). The molecule has 3 aromatic rings. The molecule has 2 amide bonds. The molecule has 4 heterocycles. The van der Waals surface area contributed by atoms with Gasteiger partial charge in [0, 0.05) is 67.6 Å². The average Bonchev–Trinajstić information content (AvgIpc) is 3.58. The largest absolute Gasteiger partial charge is 0.347 e. The molecule has 0 bridgehead atoms. The summed E-state index contributed by atoms with van der Waals surface area (Å²) in [5.74, 6) is -0.935. The van der Waals surface area contributed by atoms with E-state index in [2.05, 4.69) is 21.4 Å². The van der Waals surface area contributed by atoms with Crippen molar-refractivity contribution in [3.63, 3.8) is 0 Å². The number of carbonyl (C=O) groups is 2. The van der Waals surface area contributed by atoms with Gasteiger partial charge in [0.15, 0.2) is 5.79 Å². The quantitative estimate of drug-likeness (QED) is 0.439. The summed E-state index contributed by atoms with van der Waals surface area (Å²) in [4.78, 5) is 29.3. The molecule has 4 aliphatic rings. The van der Waals surface area contributed by atoms with E-state index in [9.17, 15) is 18.0 Å². The summed E-state index contributed by atoms with van der Waals surface area (Å²) in [5, 5.41) is 1.04. The number of amides is 2. The van der Waals surface area contributed by atoms with Gasteiger partial charge in [0.1, 0.15) is 0 Å². The van der Waals surface area contributed by atoms with Crippen LogP contribution in [-0.4, -0.2) is 80.2 Å². The maximum atomic E-state index is 14.2. The van der Waals surface area contributed by atoms with Gasteiger partial charge >= 0.3 is 10.2 Å². The van der Waals surface area contributed by atoms with E-state index in [1.807, 2.05) is 29.2 Å². The first-order chi connectivity index (χ1) is 21.7. The van der Waals surface area contributed by atoms with Crippen molar-refractivity contribution in [1.29, 1.82) is 0 Å². The molecule has 0 radical (unpaired) electrons. The minimum absolute atomic E-state index is 0.0162. The first kappa shape index (κ1) is 30.2. The molecule has 11 heteroatoms. The molecule has 1 aromatic heterocycles. The fourth-order valence-electron chi connectivity index (χ4n) is 7.45. The SMILES string of the molecule is CN(C)S(=O)(=O)NC(=O)c1ccc2c(C3CCCCC3)c3n(c2c1)CC(C(=O)N1CCC2(CC1)OCCO2)=Cc1ccccc1-3. The van der Waals surface area contributed by atoms with Crippen molar-refractivity contribution in [1.82, 2.24) is 18.5 Å². The van der Waals surface area contributed by atoms with Crippen molar-refractivity contribution >= 4 is 39.0 Å². The number of piperidine rings is 1. The van der Waals surface area contributed by atoms with E-state index < -0.39 is 21.9 Å². The maximum absolute atomic E-state index is 14.2. The van der Waals surface area contributed by atoms with E-state index in [0.29, 0.717) is 57.2 Å². The fraction of sp³-hybridized carbons (Fsp3) is 0.471. The van der Waals surface area contributed by atoms with Crippen LogP contribution in [0.15, 0.2) is 48.0 Å². The third-order valence-electron chi connectivity index (χ3n) is 9.86. The summed E-state index contributed by atoms with van der Waals surface area (Å²) in [5.41, 5.74) is 6.12. The number of aromatic nitrogens is 1. The van der Waals surface area contributed by atoms with E-state index in [4.69, 9.17) is 9.47 Å². The normalized spacial score (nSPS) is 20.2. The van der Waals surface area contributed by atoms with E-state index in [1.165, 1.54) is 26.1 Å². The highest BCUT2D eigenvalue weighted by Gasteiger charge is 2.41. The zero-order valence-corrected chi connectivity index (χ0v) is 26.7. The Morgan fingerprint density at radius 3 is 2.40 bits per heavy atom. The second-order valence-corrected chi connectivity index (χ2v) is 14.7. The van der Waals surface area contributed by atoms with E-state index in [0.717, 1.165) is 57.7 Å². The van der Waals surface area contributed by atoms with Crippen LogP contribution in [0.25, 0.3) is 28.2 Å². The Kier molecular flexibility index (Phi) is 7.84. The van der Waals surface area contributed by atoms with E-state index in [1.54, 1.807) is 12.1 Å². The van der Waals surface area contributed by atoms with Gasteiger partial charge in [-0.25, -0.2) is 4.72 Å². The van der Waals surface area contributed by atoms with Crippen LogP contribution in [0.4, 0.5) is 0 Å². The molecule has 3 aliphatic heterocycles. The van der Waals surface area contributed by atoms with Gasteiger partial charge in [0.2, 0.25) is 0 Å². The number of carbonyl (C=O) groups excluding carboxylic acids is 2. The van der Waals surface area contributed by atoms with Gasteiger partial charge in [-0.15, -0.1) is 0 Å². The van der Waals surface area contributed by atoms with E-state index >= 15 is 0 Å². The molecule has 0 atom stereocenters. The lowest BCUT2D eigenvalue weighted by Crippen LogP contribution is -2.47. The minimum atomic E-state index is -3.96. The molecule has 10 nitrogen and oxygen atoms in total. The molecule has 45 heavy (non-hydrogen) atoms. The molecular formula is C34H40N4O6S. The van der Waals surface area contributed by atoms with Crippen LogP contribution >= 0.6 is 0 Å². The topological polar surface area (TPSA) is 110 Å². The molecule has 0 unspecified atom stereocenters. The zero-order chi connectivity index (χ0) is 31.3. The van der Waals surface area contributed by atoms with Crippen LogP contribution in [0.3, 0.4) is 0 Å². The van der Waals surface area contributed by atoms with Gasteiger partial charge in [-0.05, 0) is 48.1 Å². The highest BCUT2D eigenvalue weighted by Crippen LogP contribution is 2.46. The number of rotatable bonds is 5. The Morgan fingerprint density at radius 1 is 0.978 bits per heavy atom. The van der Waals surface area contributed by atoms with Crippen molar-refractivity contribution in [2.75, 3.05) is 40.4 Å². The first-order valence-corrected chi connectivity index (χ1v) is 17.4. The van der Waals surface area contributed by atoms with Crippen LogP contribution in [0.5, 0.6) is 0 Å². The smallest absolute Gasteiger partial charge is 0.303 e. The predicted molar refractivity (Wildman–Crippen MR) is 172 cm³/mol. The Bertz CT molecular complexity index is 1790. The number of ether oxygens (including phenoxy) is 2. The Balaban J connectivity index is 1.33. The number of nitrogens with zero attached hydrogens (tertiary/aromatic N) is 3. The second-order valence-electron chi connectivity index (χ2n) is 12.8. The molecular weight excluding hydrogens is 592 g/mol. The number of likely N-dealkylation sites (tertiary alicyclic amines) is 1. The van der Waals surface area contributed by atoms with Gasteiger partial charge in [0.25, 0.3) is 11.8 Å². The Hall–Kier alpha value is -3.51. The van der Waals surface area contributed by atoms with E-state index in [-0.39, 0.29) is 11.5 Å². The Morgan fingerprint density at radius 2 is 1.69 bits per heavy atom. The van der Waals surface area contributed by atoms with Crippen LogP contribution < -0.4 is 4.72 Å². The maximum Gasteiger partial charge on any atom is 0.303 e. The van der Waals surface area contributed by atoms with Gasteiger partial charge in [-0.3, -0.25) is 9.59 Å². The van der Waals surface area contributed by atoms with Crippen molar-refractivity contribution in [3.8, 4) is 11.3 Å². The predicted octanol–water partition coefficient (Wildman–Crippen LogP) is 4.65. The summed E-state index contributed by atoms with van der Waals surface area (Å²) in [7, 11) is -1.21. The Labute approximate surface area is 264 Å². The standard InChI is InChI=1S/C34H40N4O6S/c1-36(2)45(41,42)35-32(39)25-12-13-28-29(21-25)38-22-26(33(40)37-16-14-34(15-17-37)43-18-19-44-34)20-24-10-6-7-11-27(24)31(38)30(28)23-8-4-3-5-9-23/h6-7,10-13,20-21,23H,3-5,8-9,14-19,22H2,1-2H3,(H,35,39).